The minimum Gasteiger partial charge on any atom is -0.479 e. The molecule has 12 heteroatoms. The van der Waals surface area contributed by atoms with E-state index < -0.39 is 67.3 Å². The Morgan fingerprint density at radius 2 is 0.772 bits per heavy atom. The van der Waals surface area contributed by atoms with Crippen molar-refractivity contribution in [3.05, 3.63) is 146 Å². The van der Waals surface area contributed by atoms with E-state index >= 15 is 0 Å². The van der Waals surface area contributed by atoms with Gasteiger partial charge in [0, 0.05) is 19.3 Å². The number of carboxylic acids is 1. The van der Waals surface area contributed by atoms with Crippen molar-refractivity contribution in [1.82, 2.24) is 0 Å². The number of allylic oxidation sites excluding steroid dienone is 24. The minimum absolute atomic E-state index is 0.0323. The predicted octanol–water partition coefficient (Wildman–Crippen LogP) is 15.6. The first-order valence-corrected chi connectivity index (χ1v) is 29.8. The second-order valence-electron chi connectivity index (χ2n) is 19.5. The lowest BCUT2D eigenvalue weighted by atomic mass is 9.98. The van der Waals surface area contributed by atoms with E-state index in [2.05, 4.69) is 154 Å². The number of rotatable bonds is 48. The lowest BCUT2D eigenvalue weighted by Crippen LogP contribution is -2.61. The highest BCUT2D eigenvalue weighted by atomic mass is 16.7. The van der Waals surface area contributed by atoms with Crippen LogP contribution in [0.2, 0.25) is 0 Å². The summed E-state index contributed by atoms with van der Waals surface area (Å²) >= 11 is 0. The SMILES string of the molecule is CC/C=C\C/C=C\C/C=C\C/C=C\C/C=C\CCCC(=O)OC1C(OCC(COC(=O)CCCCCCCCC/C=C\C/C=C\C/C=C\CC)OC(=O)CCCC/C=C\C/C=C\C/C=C\C/C=C\CC)OC(C(=O)O)C(O)C1O. The summed E-state index contributed by atoms with van der Waals surface area (Å²) in [7, 11) is 0. The number of aliphatic carboxylic acids is 1. The molecule has 1 aliphatic rings. The highest BCUT2D eigenvalue weighted by Crippen LogP contribution is 2.26. The monoisotopic (exact) mass is 1100 g/mol. The molecule has 0 spiro atoms. The van der Waals surface area contributed by atoms with E-state index in [1.54, 1.807) is 0 Å². The van der Waals surface area contributed by atoms with Crippen LogP contribution < -0.4 is 0 Å². The van der Waals surface area contributed by atoms with Gasteiger partial charge in [-0.1, -0.05) is 199 Å². The number of esters is 3. The Morgan fingerprint density at radius 1 is 0.418 bits per heavy atom. The van der Waals surface area contributed by atoms with E-state index in [0.29, 0.717) is 25.7 Å². The molecule has 442 valence electrons. The van der Waals surface area contributed by atoms with Crippen LogP contribution in [-0.2, 0) is 42.9 Å². The average molecular weight is 1100 g/mol. The molecule has 6 unspecified atom stereocenters. The van der Waals surface area contributed by atoms with E-state index in [-0.39, 0.29) is 25.9 Å². The number of carboxylic acid groups (broad SMARTS) is 1. The Balaban J connectivity index is 2.77. The normalized spacial score (nSPS) is 18.9. The number of unbranched alkanes of at least 4 members (excludes halogenated alkanes) is 10. The third kappa shape index (κ3) is 43.1. The minimum atomic E-state index is -1.94. The van der Waals surface area contributed by atoms with Gasteiger partial charge in [-0.25, -0.2) is 4.79 Å². The molecule has 0 bridgehead atoms. The smallest absolute Gasteiger partial charge is 0.335 e. The van der Waals surface area contributed by atoms with Crippen molar-refractivity contribution in [1.29, 1.82) is 0 Å². The molecule has 0 aromatic heterocycles. The molecule has 0 radical (unpaired) electrons. The zero-order valence-corrected chi connectivity index (χ0v) is 48.5. The van der Waals surface area contributed by atoms with Gasteiger partial charge in [0.05, 0.1) is 6.61 Å². The van der Waals surface area contributed by atoms with Crippen molar-refractivity contribution < 1.29 is 58.2 Å². The van der Waals surface area contributed by atoms with Crippen molar-refractivity contribution in [2.24, 2.45) is 0 Å². The molecule has 1 rings (SSSR count). The summed E-state index contributed by atoms with van der Waals surface area (Å²) in [6.45, 7) is 5.57. The summed E-state index contributed by atoms with van der Waals surface area (Å²) in [4.78, 5) is 51.2. The average Bonchev–Trinajstić information content (AvgIpc) is 3.43. The van der Waals surface area contributed by atoms with Gasteiger partial charge in [-0.05, 0) is 128 Å². The van der Waals surface area contributed by atoms with Gasteiger partial charge < -0.3 is 39.0 Å². The highest BCUT2D eigenvalue weighted by molar-refractivity contribution is 5.74. The number of aliphatic hydroxyl groups excluding tert-OH is 2. The summed E-state index contributed by atoms with van der Waals surface area (Å²) in [5.74, 6) is -3.29. The molecule has 0 aromatic rings. The number of carbonyl (C=O) groups is 4. The zero-order chi connectivity index (χ0) is 57.5. The number of hydrogen-bond acceptors (Lipinski definition) is 11. The fraction of sp³-hybridized carbons (Fsp3) is 0.582. The summed E-state index contributed by atoms with van der Waals surface area (Å²) in [6, 6.07) is 0. The molecule has 1 fully saturated rings. The first kappa shape index (κ1) is 71.6. The molecule has 6 atom stereocenters. The maximum atomic E-state index is 13.1. The van der Waals surface area contributed by atoms with Crippen molar-refractivity contribution in [3.8, 4) is 0 Å². The maximum absolute atomic E-state index is 13.1. The summed E-state index contributed by atoms with van der Waals surface area (Å²) in [5, 5.41) is 31.5. The van der Waals surface area contributed by atoms with Crippen LogP contribution in [0.15, 0.2) is 146 Å². The van der Waals surface area contributed by atoms with Crippen LogP contribution in [0, 0.1) is 0 Å². The van der Waals surface area contributed by atoms with Crippen molar-refractivity contribution in [2.75, 3.05) is 13.2 Å². The molecule has 1 aliphatic heterocycles. The van der Waals surface area contributed by atoms with Crippen molar-refractivity contribution in [3.63, 3.8) is 0 Å². The maximum Gasteiger partial charge on any atom is 0.335 e. The fourth-order valence-electron chi connectivity index (χ4n) is 7.94. The second kappa shape index (κ2) is 53.3. The molecular weight excluding hydrogens is 997 g/mol. The van der Waals surface area contributed by atoms with Crippen LogP contribution in [-0.4, -0.2) is 89.2 Å². The topological polar surface area (TPSA) is 175 Å². The Labute approximate surface area is 476 Å². The molecule has 1 heterocycles. The molecule has 3 N–H and O–H groups in total. The molecule has 0 aliphatic carbocycles. The molecule has 79 heavy (non-hydrogen) atoms. The van der Waals surface area contributed by atoms with E-state index in [1.807, 2.05) is 12.2 Å². The standard InChI is InChI=1S/C67H102O12/c1-4-7-10-13-16-19-22-25-28-30-33-35-38-41-44-47-50-53-59(68)75-56-58(77-60(69)54-51-48-45-42-39-36-32-27-24-21-18-15-12-9-6-3)57-76-67-65(63(72)62(71)64(79-67)66(73)74)78-61(70)55-52-49-46-43-40-37-34-31-29-26-23-20-17-14-11-8-5-2/h7-12,16-21,25-29,32,34,37,39,42-43,46,58,62-65,67,71-72H,4-6,13-15,22-24,30-31,33,35-36,38,40-41,44-45,47-57H2,1-3H3,(H,73,74)/b10-7-,11-8-,12-9-,19-16-,20-17-,21-18-,28-25-,29-26-,32-27-,37-34-,42-39-,46-43-. The van der Waals surface area contributed by atoms with Crippen LogP contribution in [0.1, 0.15) is 201 Å². The summed E-state index contributed by atoms with van der Waals surface area (Å²) in [6.07, 6.45) is 63.9. The van der Waals surface area contributed by atoms with E-state index in [1.165, 1.54) is 0 Å². The molecule has 0 aromatic carbocycles. The molecular formula is C67H102O12. The Morgan fingerprint density at radius 3 is 1.22 bits per heavy atom. The summed E-state index contributed by atoms with van der Waals surface area (Å²) < 4.78 is 28.3. The van der Waals surface area contributed by atoms with Crippen molar-refractivity contribution >= 4 is 23.9 Å². The van der Waals surface area contributed by atoms with Crippen LogP contribution in [0.5, 0.6) is 0 Å². The van der Waals surface area contributed by atoms with Gasteiger partial charge in [-0.3, -0.25) is 14.4 Å². The lowest BCUT2D eigenvalue weighted by molar-refractivity contribution is -0.301. The molecule has 1 saturated heterocycles. The number of carbonyl (C=O) groups excluding carboxylic acids is 3. The van der Waals surface area contributed by atoms with Crippen LogP contribution in [0.3, 0.4) is 0 Å². The van der Waals surface area contributed by atoms with Gasteiger partial charge >= 0.3 is 23.9 Å². The number of aliphatic hydroxyl groups is 2. The van der Waals surface area contributed by atoms with Gasteiger partial charge in [0.1, 0.15) is 18.8 Å². The van der Waals surface area contributed by atoms with Gasteiger partial charge in [0.15, 0.2) is 24.6 Å². The third-order valence-electron chi connectivity index (χ3n) is 12.4. The predicted molar refractivity (Wildman–Crippen MR) is 321 cm³/mol. The molecule has 12 nitrogen and oxygen atoms in total. The lowest BCUT2D eigenvalue weighted by Gasteiger charge is -2.40. The first-order valence-electron chi connectivity index (χ1n) is 29.8. The van der Waals surface area contributed by atoms with Crippen LogP contribution in [0.25, 0.3) is 0 Å². The highest BCUT2D eigenvalue weighted by Gasteiger charge is 2.50. The Hall–Kier alpha value is -5.40. The second-order valence-corrected chi connectivity index (χ2v) is 19.5. The van der Waals surface area contributed by atoms with Crippen LogP contribution >= 0.6 is 0 Å². The number of ether oxygens (including phenoxy) is 5. The largest absolute Gasteiger partial charge is 0.479 e. The summed E-state index contributed by atoms with van der Waals surface area (Å²) in [5.41, 5.74) is 0. The third-order valence-corrected chi connectivity index (χ3v) is 12.4. The van der Waals surface area contributed by atoms with Crippen molar-refractivity contribution in [2.45, 2.75) is 237 Å². The van der Waals surface area contributed by atoms with Crippen LogP contribution in [0.4, 0.5) is 0 Å². The molecule has 0 saturated carbocycles. The number of hydrogen-bond donors (Lipinski definition) is 3. The van der Waals surface area contributed by atoms with Gasteiger partial charge in [0.25, 0.3) is 0 Å². The van der Waals surface area contributed by atoms with Gasteiger partial charge in [-0.15, -0.1) is 0 Å². The Bertz CT molecular complexity index is 1930. The quantitative estimate of drug-likeness (QED) is 0.0228. The fourth-order valence-corrected chi connectivity index (χ4v) is 7.94. The molecule has 0 amide bonds. The van der Waals surface area contributed by atoms with E-state index in [9.17, 15) is 34.5 Å². The van der Waals surface area contributed by atoms with E-state index in [4.69, 9.17) is 23.7 Å². The van der Waals surface area contributed by atoms with Gasteiger partial charge in [0.2, 0.25) is 0 Å². The first-order chi connectivity index (χ1) is 38.6. The van der Waals surface area contributed by atoms with E-state index in [0.717, 1.165) is 135 Å². The Kier molecular flexibility index (Phi) is 48.3. The zero-order valence-electron chi connectivity index (χ0n) is 48.5. The van der Waals surface area contributed by atoms with Gasteiger partial charge in [-0.2, -0.15) is 0 Å².